The second-order valence-electron chi connectivity index (χ2n) is 18.6. The van der Waals surface area contributed by atoms with Crippen LogP contribution in [0, 0.1) is 17.7 Å². The van der Waals surface area contributed by atoms with Crippen LogP contribution in [0.1, 0.15) is 93.3 Å². The van der Waals surface area contributed by atoms with Crippen molar-refractivity contribution in [2.45, 2.75) is 90.0 Å². The van der Waals surface area contributed by atoms with Crippen LogP contribution in [0.5, 0.6) is 0 Å². The molecule has 310 valence electrons. The molecule has 4 fully saturated rings. The molecule has 0 saturated carbocycles. The first-order chi connectivity index (χ1) is 28.3. The maximum absolute atomic E-state index is 14.8. The maximum atomic E-state index is 14.8. The molecule has 4 saturated heterocycles. The highest BCUT2D eigenvalue weighted by atomic mass is 19.1. The van der Waals surface area contributed by atoms with E-state index in [0.29, 0.717) is 35.8 Å². The number of benzene rings is 2. The first kappa shape index (κ1) is 39.4. The summed E-state index contributed by atoms with van der Waals surface area (Å²) in [4.78, 5) is 54.4. The predicted octanol–water partition coefficient (Wildman–Crippen LogP) is 6.92. The average Bonchev–Trinajstić information content (AvgIpc) is 3.74. The fraction of sp³-hybridized carbons (Fsp3) is 0.489. The van der Waals surface area contributed by atoms with Crippen molar-refractivity contribution < 1.29 is 23.5 Å². The highest BCUT2D eigenvalue weighted by Crippen LogP contribution is 2.41. The van der Waals surface area contributed by atoms with Crippen LogP contribution in [-0.2, 0) is 20.9 Å². The van der Waals surface area contributed by atoms with Gasteiger partial charge in [-0.3, -0.25) is 24.6 Å². The Hall–Kier alpha value is -5.07. The van der Waals surface area contributed by atoms with Gasteiger partial charge in [0, 0.05) is 98.9 Å². The molecule has 59 heavy (non-hydrogen) atoms. The number of anilines is 2. The summed E-state index contributed by atoms with van der Waals surface area (Å²) in [6.07, 6.45) is 10.5. The minimum atomic E-state index is -0.599. The number of piperazine rings is 1. The second kappa shape index (κ2) is 15.5. The number of hydrogen-bond acceptors (Lipinski definition) is 8. The standard InChI is InChI=1S/C47H56FN7O4/c1-46(2)24-31(25-47(3,4)59-46)21-37(32-5-9-40-38(23-32)39(48)27-49-40)33-6-11-42(50-26-33)54-15-13-30(14-16-54)28-52-17-19-53(20-18-52)35-7-8-36-34(22-35)29-55(45(36)58)41-10-12-43(56)51-44(41)57/h5-9,11,21-23,26-27,30-31,41,49H,10,12-20,24-25,28-29H2,1-4H3,(H,51,56,57)/t41-/m1/s1. The number of aromatic nitrogens is 2. The molecule has 1 atom stereocenters. The summed E-state index contributed by atoms with van der Waals surface area (Å²) < 4.78 is 21.2. The van der Waals surface area contributed by atoms with Crippen molar-refractivity contribution in [3.05, 3.63) is 95.1 Å². The van der Waals surface area contributed by atoms with E-state index in [1.165, 1.54) is 6.20 Å². The van der Waals surface area contributed by atoms with Gasteiger partial charge in [-0.05, 0) is 131 Å². The van der Waals surface area contributed by atoms with Crippen LogP contribution in [0.25, 0.3) is 16.5 Å². The van der Waals surface area contributed by atoms with E-state index in [4.69, 9.17) is 9.72 Å². The summed E-state index contributed by atoms with van der Waals surface area (Å²) in [6.45, 7) is 15.9. The highest BCUT2D eigenvalue weighted by Gasteiger charge is 2.40. The molecule has 0 radical (unpaired) electrons. The number of amides is 3. The van der Waals surface area contributed by atoms with Crippen molar-refractivity contribution in [2.75, 3.05) is 55.6 Å². The van der Waals surface area contributed by atoms with E-state index >= 15 is 0 Å². The number of hydrogen-bond donors (Lipinski definition) is 2. The zero-order chi connectivity index (χ0) is 41.1. The second-order valence-corrected chi connectivity index (χ2v) is 18.6. The number of halogens is 1. The molecule has 3 amide bonds. The molecule has 2 aromatic heterocycles. The van der Waals surface area contributed by atoms with Crippen LogP contribution in [0.4, 0.5) is 15.9 Å². The van der Waals surface area contributed by atoms with Gasteiger partial charge in [-0.2, -0.15) is 0 Å². The van der Waals surface area contributed by atoms with Gasteiger partial charge in [-0.25, -0.2) is 9.37 Å². The van der Waals surface area contributed by atoms with E-state index < -0.39 is 6.04 Å². The van der Waals surface area contributed by atoms with E-state index in [-0.39, 0.29) is 41.2 Å². The Morgan fingerprint density at radius 2 is 1.63 bits per heavy atom. The summed E-state index contributed by atoms with van der Waals surface area (Å²) >= 11 is 0. The maximum Gasteiger partial charge on any atom is 0.255 e. The fourth-order valence-corrected chi connectivity index (χ4v) is 10.5. The van der Waals surface area contributed by atoms with Gasteiger partial charge in [0.2, 0.25) is 11.8 Å². The first-order valence-corrected chi connectivity index (χ1v) is 21.4. The number of piperidine rings is 2. The van der Waals surface area contributed by atoms with E-state index in [1.54, 1.807) is 4.90 Å². The fourth-order valence-electron chi connectivity index (χ4n) is 10.5. The third kappa shape index (κ3) is 8.26. The van der Waals surface area contributed by atoms with Crippen LogP contribution < -0.4 is 15.1 Å². The number of carbonyl (C=O) groups excluding carboxylic acids is 3. The molecule has 0 spiro atoms. The van der Waals surface area contributed by atoms with Crippen molar-refractivity contribution in [2.24, 2.45) is 11.8 Å². The van der Waals surface area contributed by atoms with E-state index in [1.807, 2.05) is 30.5 Å². The zero-order valence-electron chi connectivity index (χ0n) is 34.7. The number of H-pyrrole nitrogens is 1. The number of imide groups is 1. The lowest BCUT2D eigenvalue weighted by Crippen LogP contribution is -2.52. The van der Waals surface area contributed by atoms with E-state index in [0.717, 1.165) is 111 Å². The van der Waals surface area contributed by atoms with Gasteiger partial charge in [-0.15, -0.1) is 0 Å². The van der Waals surface area contributed by atoms with Crippen LogP contribution in [0.15, 0.2) is 67.0 Å². The van der Waals surface area contributed by atoms with Crippen molar-refractivity contribution in [3.8, 4) is 0 Å². The molecule has 11 nitrogen and oxygen atoms in total. The molecule has 4 aromatic rings. The van der Waals surface area contributed by atoms with Gasteiger partial charge in [0.25, 0.3) is 5.91 Å². The number of ether oxygens (including phenoxy) is 1. The lowest BCUT2D eigenvalue weighted by atomic mass is 9.79. The molecule has 7 heterocycles. The summed E-state index contributed by atoms with van der Waals surface area (Å²) in [5.41, 5.74) is 6.10. The Labute approximate surface area is 346 Å². The molecule has 9 rings (SSSR count). The number of pyridine rings is 1. The lowest BCUT2D eigenvalue weighted by molar-refractivity contribution is -0.166. The largest absolute Gasteiger partial charge is 0.370 e. The molecule has 0 bridgehead atoms. The summed E-state index contributed by atoms with van der Waals surface area (Å²) in [5.74, 6) is 0.891. The van der Waals surface area contributed by atoms with Gasteiger partial charge in [0.1, 0.15) is 17.7 Å². The van der Waals surface area contributed by atoms with E-state index in [2.05, 4.69) is 83.0 Å². The predicted molar refractivity (Wildman–Crippen MR) is 228 cm³/mol. The van der Waals surface area contributed by atoms with Gasteiger partial charge < -0.3 is 24.4 Å². The molecular weight excluding hydrogens is 746 g/mol. The van der Waals surface area contributed by atoms with Crippen LogP contribution in [-0.4, -0.2) is 101 Å². The Kier molecular flexibility index (Phi) is 10.4. The van der Waals surface area contributed by atoms with Crippen molar-refractivity contribution in [1.82, 2.24) is 25.1 Å². The summed E-state index contributed by atoms with van der Waals surface area (Å²) in [7, 11) is 0. The Bertz CT molecular complexity index is 2270. The number of rotatable bonds is 8. The van der Waals surface area contributed by atoms with Gasteiger partial charge >= 0.3 is 0 Å². The van der Waals surface area contributed by atoms with Crippen molar-refractivity contribution in [3.63, 3.8) is 0 Å². The monoisotopic (exact) mass is 801 g/mol. The lowest BCUT2D eigenvalue weighted by Gasteiger charge is -2.45. The minimum absolute atomic E-state index is 0.133. The van der Waals surface area contributed by atoms with Crippen molar-refractivity contribution >= 4 is 45.7 Å². The number of allylic oxidation sites excluding steroid dienone is 1. The Morgan fingerprint density at radius 3 is 2.34 bits per heavy atom. The van der Waals surface area contributed by atoms with Gasteiger partial charge in [-0.1, -0.05) is 12.1 Å². The molecular formula is C47H56FN7O4. The van der Waals surface area contributed by atoms with Crippen LogP contribution in [0.3, 0.4) is 0 Å². The molecule has 0 unspecified atom stereocenters. The quantitative estimate of drug-likeness (QED) is 0.185. The highest BCUT2D eigenvalue weighted by molar-refractivity contribution is 6.05. The summed E-state index contributed by atoms with van der Waals surface area (Å²) in [5, 5.41) is 2.98. The Morgan fingerprint density at radius 1 is 0.881 bits per heavy atom. The third-order valence-electron chi connectivity index (χ3n) is 13.2. The van der Waals surface area contributed by atoms with Crippen molar-refractivity contribution in [1.29, 1.82) is 0 Å². The molecule has 5 aliphatic rings. The molecule has 2 aromatic carbocycles. The number of nitrogens with zero attached hydrogens (tertiary/aromatic N) is 5. The smallest absolute Gasteiger partial charge is 0.255 e. The topological polar surface area (TPSA) is 114 Å². The summed E-state index contributed by atoms with van der Waals surface area (Å²) in [6, 6.07) is 15.8. The zero-order valence-corrected chi connectivity index (χ0v) is 34.7. The molecule has 0 aliphatic carbocycles. The van der Waals surface area contributed by atoms with Crippen LogP contribution >= 0.6 is 0 Å². The molecule has 12 heteroatoms. The first-order valence-electron chi connectivity index (χ1n) is 21.4. The normalized spacial score (nSPS) is 23.3. The number of nitrogens with one attached hydrogen (secondary N) is 2. The number of carbonyl (C=O) groups is 3. The SMILES string of the molecule is CC1(C)CC(C=C(c2ccc(N3CCC(CN4CCN(c5ccc6c(c5)CN([C@@H]5CCC(=O)NC5=O)C6=O)CC4)CC3)nc2)c2ccc3[nH]cc(F)c3c2)CC(C)(C)O1. The Balaban J connectivity index is 0.802. The van der Waals surface area contributed by atoms with E-state index in [9.17, 15) is 18.8 Å². The molecule has 5 aliphatic heterocycles. The third-order valence-corrected chi connectivity index (χ3v) is 13.2. The van der Waals surface area contributed by atoms with Gasteiger partial charge in [0.15, 0.2) is 0 Å². The van der Waals surface area contributed by atoms with Gasteiger partial charge in [0.05, 0.1) is 11.2 Å². The number of fused-ring (bicyclic) bond motifs is 2. The average molecular weight is 802 g/mol. The number of aromatic amines is 1. The minimum Gasteiger partial charge on any atom is -0.370 e. The molecule has 2 N–H and O–H groups in total. The van der Waals surface area contributed by atoms with Crippen LogP contribution in [0.2, 0.25) is 0 Å².